The van der Waals surface area contributed by atoms with E-state index in [1.807, 2.05) is 31.1 Å². The van der Waals surface area contributed by atoms with Gasteiger partial charge in [-0.15, -0.1) is 0 Å². The maximum Gasteiger partial charge on any atom is 0.273 e. The van der Waals surface area contributed by atoms with Gasteiger partial charge in [0.15, 0.2) is 0 Å². The number of carbonyl (C=O) groups excluding carboxylic acids is 1. The van der Waals surface area contributed by atoms with Crippen molar-refractivity contribution in [2.75, 3.05) is 19.0 Å². The van der Waals surface area contributed by atoms with Crippen LogP contribution in [0.2, 0.25) is 0 Å². The van der Waals surface area contributed by atoms with Crippen molar-refractivity contribution < 1.29 is 9.18 Å². The van der Waals surface area contributed by atoms with E-state index in [0.29, 0.717) is 11.1 Å². The summed E-state index contributed by atoms with van der Waals surface area (Å²) in [5, 5.41) is 3.88. The maximum absolute atomic E-state index is 12.8. The van der Waals surface area contributed by atoms with Gasteiger partial charge in [-0.25, -0.2) is 9.82 Å². The summed E-state index contributed by atoms with van der Waals surface area (Å²) < 4.78 is 12.8. The third-order valence-corrected chi connectivity index (χ3v) is 2.88. The number of halogens is 1. The van der Waals surface area contributed by atoms with E-state index in [2.05, 4.69) is 10.5 Å². The van der Waals surface area contributed by atoms with Gasteiger partial charge in [-0.05, 0) is 29.8 Å². The number of benzene rings is 2. The maximum atomic E-state index is 12.8. The number of para-hydroxylation sites is 1. The molecule has 0 unspecified atom stereocenters. The molecule has 0 atom stereocenters. The number of rotatable bonds is 4. The van der Waals surface area contributed by atoms with E-state index in [4.69, 9.17) is 0 Å². The molecule has 0 spiro atoms. The molecule has 21 heavy (non-hydrogen) atoms. The van der Waals surface area contributed by atoms with Crippen molar-refractivity contribution in [3.05, 3.63) is 65.5 Å². The minimum absolute atomic E-state index is 0.294. The third kappa shape index (κ3) is 3.89. The largest absolute Gasteiger partial charge is 0.377 e. The van der Waals surface area contributed by atoms with Crippen molar-refractivity contribution in [3.8, 4) is 0 Å². The van der Waals surface area contributed by atoms with Crippen LogP contribution in [0.15, 0.2) is 53.6 Å². The zero-order valence-corrected chi connectivity index (χ0v) is 11.9. The summed E-state index contributed by atoms with van der Waals surface area (Å²) in [5.41, 5.74) is 4.53. The van der Waals surface area contributed by atoms with Gasteiger partial charge in [0, 0.05) is 19.8 Å². The van der Waals surface area contributed by atoms with Crippen molar-refractivity contribution in [1.82, 2.24) is 5.43 Å². The van der Waals surface area contributed by atoms with Gasteiger partial charge < -0.3 is 4.90 Å². The highest BCUT2D eigenvalue weighted by molar-refractivity contribution is 6.00. The predicted octanol–water partition coefficient (Wildman–Crippen LogP) is 2.66. The lowest BCUT2D eigenvalue weighted by atomic mass is 10.1. The minimum atomic E-state index is -0.309. The number of nitrogens with one attached hydrogen (secondary N) is 1. The number of amides is 1. The summed E-state index contributed by atoms with van der Waals surface area (Å²) in [6.07, 6.45) is 1.47. The second-order valence-corrected chi connectivity index (χ2v) is 4.66. The number of nitrogens with zero attached hydrogens (tertiary/aromatic N) is 2. The summed E-state index contributed by atoms with van der Waals surface area (Å²) in [5.74, 6) is -0.603. The molecule has 2 aromatic carbocycles. The fourth-order valence-electron chi connectivity index (χ4n) is 1.83. The molecule has 0 heterocycles. The number of hydrazone groups is 1. The molecular weight excluding hydrogens is 269 g/mol. The van der Waals surface area contributed by atoms with Gasteiger partial charge in [0.1, 0.15) is 5.82 Å². The van der Waals surface area contributed by atoms with Crippen molar-refractivity contribution in [2.45, 2.75) is 0 Å². The molecule has 1 N–H and O–H groups in total. The van der Waals surface area contributed by atoms with Gasteiger partial charge in [-0.2, -0.15) is 5.10 Å². The Balaban J connectivity index is 2.07. The average Bonchev–Trinajstić information content (AvgIpc) is 2.49. The van der Waals surface area contributed by atoms with E-state index in [1.54, 1.807) is 24.3 Å². The molecule has 0 bridgehead atoms. The summed E-state index contributed by atoms with van der Waals surface area (Å²) in [7, 11) is 3.74. The van der Waals surface area contributed by atoms with E-state index in [9.17, 15) is 9.18 Å². The van der Waals surface area contributed by atoms with Crippen LogP contribution in [-0.4, -0.2) is 26.2 Å². The van der Waals surface area contributed by atoms with E-state index in [-0.39, 0.29) is 11.7 Å². The highest BCUT2D eigenvalue weighted by atomic mass is 19.1. The fraction of sp³-hybridized carbons (Fsp3) is 0.125. The van der Waals surface area contributed by atoms with Gasteiger partial charge in [0.05, 0.1) is 11.8 Å². The van der Waals surface area contributed by atoms with Crippen LogP contribution in [0, 0.1) is 5.82 Å². The molecule has 0 radical (unpaired) electrons. The predicted molar refractivity (Wildman–Crippen MR) is 82.2 cm³/mol. The van der Waals surface area contributed by atoms with Crippen LogP contribution in [-0.2, 0) is 0 Å². The second-order valence-electron chi connectivity index (χ2n) is 4.66. The molecule has 1 amide bonds. The smallest absolute Gasteiger partial charge is 0.273 e. The molecule has 2 rings (SSSR count). The van der Waals surface area contributed by atoms with Gasteiger partial charge in [-0.1, -0.05) is 24.3 Å². The van der Waals surface area contributed by atoms with Gasteiger partial charge in [0.2, 0.25) is 0 Å². The molecule has 0 aliphatic rings. The SMILES string of the molecule is CN(C)c1ccccc1C(=O)N/N=C\c1ccc(F)cc1. The summed E-state index contributed by atoms with van der Waals surface area (Å²) in [6.45, 7) is 0. The van der Waals surface area contributed by atoms with Gasteiger partial charge in [0.25, 0.3) is 5.91 Å². The zero-order valence-electron chi connectivity index (χ0n) is 11.9. The highest BCUT2D eigenvalue weighted by Crippen LogP contribution is 2.17. The van der Waals surface area contributed by atoms with Crippen LogP contribution in [0.25, 0.3) is 0 Å². The van der Waals surface area contributed by atoms with Crippen molar-refractivity contribution in [3.63, 3.8) is 0 Å². The van der Waals surface area contributed by atoms with E-state index >= 15 is 0 Å². The zero-order chi connectivity index (χ0) is 15.2. The number of hydrogen-bond acceptors (Lipinski definition) is 3. The number of hydrogen-bond donors (Lipinski definition) is 1. The van der Waals surface area contributed by atoms with Crippen molar-refractivity contribution in [1.29, 1.82) is 0 Å². The highest BCUT2D eigenvalue weighted by Gasteiger charge is 2.10. The summed E-state index contributed by atoms with van der Waals surface area (Å²) >= 11 is 0. The topological polar surface area (TPSA) is 44.7 Å². The van der Waals surface area contributed by atoms with Crippen LogP contribution in [0.4, 0.5) is 10.1 Å². The molecule has 0 saturated heterocycles. The Bertz CT molecular complexity index is 651. The van der Waals surface area contributed by atoms with Crippen LogP contribution in [0.1, 0.15) is 15.9 Å². The quantitative estimate of drug-likeness (QED) is 0.693. The van der Waals surface area contributed by atoms with Crippen LogP contribution in [0.5, 0.6) is 0 Å². The average molecular weight is 285 g/mol. The monoisotopic (exact) mass is 285 g/mol. The third-order valence-electron chi connectivity index (χ3n) is 2.88. The Kier molecular flexibility index (Phi) is 4.66. The first-order chi connectivity index (χ1) is 10.1. The Morgan fingerprint density at radius 3 is 2.48 bits per heavy atom. The number of anilines is 1. The Hall–Kier alpha value is -2.69. The first-order valence-corrected chi connectivity index (χ1v) is 6.43. The molecule has 0 saturated carbocycles. The minimum Gasteiger partial charge on any atom is -0.377 e. The van der Waals surface area contributed by atoms with E-state index in [1.165, 1.54) is 18.3 Å². The van der Waals surface area contributed by atoms with Crippen LogP contribution >= 0.6 is 0 Å². The first-order valence-electron chi connectivity index (χ1n) is 6.43. The van der Waals surface area contributed by atoms with Gasteiger partial charge in [-0.3, -0.25) is 4.79 Å². The van der Waals surface area contributed by atoms with E-state index < -0.39 is 0 Å². The molecule has 5 heteroatoms. The lowest BCUT2D eigenvalue weighted by molar-refractivity contribution is 0.0955. The lowest BCUT2D eigenvalue weighted by Crippen LogP contribution is -2.21. The fourth-order valence-corrected chi connectivity index (χ4v) is 1.83. The van der Waals surface area contributed by atoms with Crippen molar-refractivity contribution in [2.24, 2.45) is 5.10 Å². The lowest BCUT2D eigenvalue weighted by Gasteiger charge is -2.15. The molecule has 2 aromatic rings. The van der Waals surface area contributed by atoms with Crippen LogP contribution < -0.4 is 10.3 Å². The summed E-state index contributed by atoms with van der Waals surface area (Å²) in [6, 6.07) is 13.1. The molecule has 0 aliphatic heterocycles. The van der Waals surface area contributed by atoms with Gasteiger partial charge >= 0.3 is 0 Å². The van der Waals surface area contributed by atoms with Crippen LogP contribution in [0.3, 0.4) is 0 Å². The molecule has 0 aliphatic carbocycles. The molecule has 4 nitrogen and oxygen atoms in total. The Morgan fingerprint density at radius 2 is 1.81 bits per heavy atom. The van der Waals surface area contributed by atoms with Crippen molar-refractivity contribution >= 4 is 17.8 Å². The molecule has 108 valence electrons. The molecular formula is C16H16FN3O. The standard InChI is InChI=1S/C16H16FN3O/c1-20(2)15-6-4-3-5-14(15)16(21)19-18-11-12-7-9-13(17)10-8-12/h3-11H,1-2H3,(H,19,21)/b18-11-. The summed E-state index contributed by atoms with van der Waals surface area (Å²) in [4.78, 5) is 14.0. The molecule has 0 aromatic heterocycles. The number of carbonyl (C=O) groups is 1. The van der Waals surface area contributed by atoms with E-state index in [0.717, 1.165) is 5.69 Å². The first kappa shape index (κ1) is 14.7. The Morgan fingerprint density at radius 1 is 1.14 bits per heavy atom. The Labute approximate surface area is 122 Å². The second kappa shape index (κ2) is 6.65. The normalized spacial score (nSPS) is 10.6. The molecule has 0 fully saturated rings.